The van der Waals surface area contributed by atoms with Crippen molar-refractivity contribution in [3.8, 4) is 0 Å². The van der Waals surface area contributed by atoms with Crippen molar-refractivity contribution in [2.24, 2.45) is 0 Å². The van der Waals surface area contributed by atoms with Gasteiger partial charge in [0.05, 0.1) is 0 Å². The molecule has 0 bridgehead atoms. The van der Waals surface area contributed by atoms with Gasteiger partial charge in [-0.2, -0.15) is 0 Å². The first-order valence-electron chi connectivity index (χ1n) is 37.1. The van der Waals surface area contributed by atoms with Crippen molar-refractivity contribution in [3.63, 3.8) is 0 Å². The van der Waals surface area contributed by atoms with Gasteiger partial charge in [0.25, 0.3) is 0 Å². The molecule has 0 saturated carbocycles. The summed E-state index contributed by atoms with van der Waals surface area (Å²) >= 11 is 0. The Bertz CT molecular complexity index is 1430. The summed E-state index contributed by atoms with van der Waals surface area (Å²) in [5, 5.41) is 0. The summed E-state index contributed by atoms with van der Waals surface area (Å²) in [6.45, 7) is 6.55. The fraction of sp³-hybridized carbons (Fsp3) is 0.857. The maximum Gasteiger partial charge on any atom is 0.306 e. The molecular formula is C77H142O6. The van der Waals surface area contributed by atoms with Gasteiger partial charge in [0.15, 0.2) is 6.10 Å². The van der Waals surface area contributed by atoms with Gasteiger partial charge in [-0.3, -0.25) is 14.4 Å². The summed E-state index contributed by atoms with van der Waals surface area (Å²) in [7, 11) is 0. The monoisotopic (exact) mass is 1160 g/mol. The third-order valence-corrected chi connectivity index (χ3v) is 16.8. The molecule has 0 radical (unpaired) electrons. The Kier molecular flexibility index (Phi) is 69.6. The zero-order valence-corrected chi connectivity index (χ0v) is 56.0. The highest BCUT2D eigenvalue weighted by molar-refractivity contribution is 5.71. The number of hydrogen-bond acceptors (Lipinski definition) is 6. The van der Waals surface area contributed by atoms with E-state index < -0.39 is 6.10 Å². The summed E-state index contributed by atoms with van der Waals surface area (Å²) in [6, 6.07) is 0. The number of ether oxygens (including phenoxy) is 3. The molecule has 1 atom stereocenters. The summed E-state index contributed by atoms with van der Waals surface area (Å²) < 4.78 is 16.9. The van der Waals surface area contributed by atoms with E-state index in [1.807, 2.05) is 0 Å². The first kappa shape index (κ1) is 80.4. The largest absolute Gasteiger partial charge is 0.462 e. The van der Waals surface area contributed by atoms with Gasteiger partial charge < -0.3 is 14.2 Å². The van der Waals surface area contributed by atoms with E-state index in [1.54, 1.807) is 0 Å². The molecule has 0 aliphatic rings. The van der Waals surface area contributed by atoms with Gasteiger partial charge in [0.2, 0.25) is 0 Å². The summed E-state index contributed by atoms with van der Waals surface area (Å²) in [5.41, 5.74) is 0. The average Bonchev–Trinajstić information content (AvgIpc) is 3.50. The van der Waals surface area contributed by atoms with E-state index in [2.05, 4.69) is 69.4 Å². The normalized spacial score (nSPS) is 12.3. The lowest BCUT2D eigenvalue weighted by Gasteiger charge is -2.18. The van der Waals surface area contributed by atoms with Gasteiger partial charge in [-0.05, 0) is 57.8 Å². The molecule has 6 nitrogen and oxygen atoms in total. The third kappa shape index (κ3) is 70.0. The number of carbonyl (C=O) groups is 3. The second-order valence-electron chi connectivity index (χ2n) is 25.2. The first-order valence-corrected chi connectivity index (χ1v) is 37.1. The molecule has 0 aromatic carbocycles. The highest BCUT2D eigenvalue weighted by atomic mass is 16.6. The van der Waals surface area contributed by atoms with Crippen LogP contribution < -0.4 is 0 Å². The van der Waals surface area contributed by atoms with Crippen LogP contribution in [0.15, 0.2) is 48.6 Å². The number of hydrogen-bond donors (Lipinski definition) is 0. The maximum absolute atomic E-state index is 12.9. The maximum atomic E-state index is 12.9. The number of unbranched alkanes of at least 4 members (excludes halogenated alkanes) is 50. The minimum atomic E-state index is -0.772. The molecule has 0 rings (SSSR count). The van der Waals surface area contributed by atoms with Gasteiger partial charge in [0, 0.05) is 19.3 Å². The van der Waals surface area contributed by atoms with Crippen molar-refractivity contribution in [2.45, 2.75) is 412 Å². The highest BCUT2D eigenvalue weighted by Gasteiger charge is 2.19. The minimum Gasteiger partial charge on any atom is -0.462 e. The van der Waals surface area contributed by atoms with E-state index in [4.69, 9.17) is 14.2 Å². The van der Waals surface area contributed by atoms with Gasteiger partial charge in [-0.25, -0.2) is 0 Å². The topological polar surface area (TPSA) is 78.9 Å². The molecule has 0 aliphatic heterocycles. The van der Waals surface area contributed by atoms with Crippen LogP contribution in [-0.2, 0) is 28.6 Å². The van der Waals surface area contributed by atoms with E-state index in [1.165, 1.54) is 283 Å². The molecule has 0 fully saturated rings. The third-order valence-electron chi connectivity index (χ3n) is 16.8. The van der Waals surface area contributed by atoms with E-state index in [-0.39, 0.29) is 31.1 Å². The Morgan fingerprint density at radius 1 is 0.253 bits per heavy atom. The van der Waals surface area contributed by atoms with Gasteiger partial charge in [-0.15, -0.1) is 0 Å². The molecule has 0 N–H and O–H groups in total. The predicted molar refractivity (Wildman–Crippen MR) is 362 cm³/mol. The number of carbonyl (C=O) groups excluding carboxylic acids is 3. The molecular weight excluding hydrogens is 1020 g/mol. The lowest BCUT2D eigenvalue weighted by atomic mass is 10.0. The summed E-state index contributed by atoms with van der Waals surface area (Å²) in [4.78, 5) is 38.2. The van der Waals surface area contributed by atoms with Crippen LogP contribution in [0.5, 0.6) is 0 Å². The fourth-order valence-electron chi connectivity index (χ4n) is 11.3. The molecule has 486 valence electrons. The molecule has 0 aromatic rings. The molecule has 0 aromatic heterocycles. The fourth-order valence-corrected chi connectivity index (χ4v) is 11.3. The molecule has 83 heavy (non-hydrogen) atoms. The Labute approximate surface area is 518 Å². The quantitative estimate of drug-likeness (QED) is 0.0261. The van der Waals surface area contributed by atoms with E-state index in [0.29, 0.717) is 19.3 Å². The van der Waals surface area contributed by atoms with Crippen LogP contribution >= 0.6 is 0 Å². The van der Waals surface area contributed by atoms with Crippen LogP contribution in [0.25, 0.3) is 0 Å². The highest BCUT2D eigenvalue weighted by Crippen LogP contribution is 2.19. The van der Waals surface area contributed by atoms with Crippen LogP contribution in [0, 0.1) is 0 Å². The molecule has 0 aliphatic carbocycles. The van der Waals surface area contributed by atoms with E-state index >= 15 is 0 Å². The lowest BCUT2D eigenvalue weighted by Crippen LogP contribution is -2.30. The number of allylic oxidation sites excluding steroid dienone is 8. The standard InChI is InChI=1S/C77H142O6/c1-4-7-10-13-16-18-20-22-24-26-28-30-32-33-34-35-36-37-38-39-40-41-42-43-45-46-48-50-52-54-56-58-61-64-67-70-76(79)82-73-74(72-81-75(78)69-66-63-60-15-12-9-6-3)83-77(80)71-68-65-62-59-57-55-53-51-49-47-44-31-29-27-25-23-21-19-17-14-11-8-5-2/h8,11,17,19,23,25,29,31,74H,4-7,9-10,12-16,18,20-22,24,26-28,30,32-73H2,1-3H3/b11-8-,19-17-,25-23-,31-29-. The predicted octanol–water partition coefficient (Wildman–Crippen LogP) is 25.7. The van der Waals surface area contributed by atoms with Crippen molar-refractivity contribution >= 4 is 17.9 Å². The SMILES string of the molecule is CC/C=C\C/C=C\C/C=C\C/C=C\CCCCCCCCCCCCC(=O)OC(COC(=O)CCCCCCCCC)COC(=O)CCCCCCCCCCCCCCCCCCCCCCCCCCCCCCCCCCCCC. The second-order valence-corrected chi connectivity index (χ2v) is 25.2. The zero-order chi connectivity index (χ0) is 59.9. The van der Waals surface area contributed by atoms with Crippen molar-refractivity contribution in [2.75, 3.05) is 13.2 Å². The van der Waals surface area contributed by atoms with Crippen LogP contribution in [0.4, 0.5) is 0 Å². The van der Waals surface area contributed by atoms with Gasteiger partial charge in [0.1, 0.15) is 13.2 Å². The number of esters is 3. The first-order chi connectivity index (χ1) is 41.0. The zero-order valence-electron chi connectivity index (χ0n) is 56.0. The molecule has 0 amide bonds. The number of rotatable bonds is 69. The van der Waals surface area contributed by atoms with E-state index in [9.17, 15) is 14.4 Å². The minimum absolute atomic E-state index is 0.0700. The summed E-state index contributed by atoms with van der Waals surface area (Å²) in [6.07, 6.45) is 92.0. The van der Waals surface area contributed by atoms with Crippen molar-refractivity contribution < 1.29 is 28.6 Å². The van der Waals surface area contributed by atoms with Crippen LogP contribution in [-0.4, -0.2) is 37.2 Å². The lowest BCUT2D eigenvalue weighted by molar-refractivity contribution is -0.167. The Morgan fingerprint density at radius 2 is 0.470 bits per heavy atom. The molecule has 1 unspecified atom stereocenters. The second kappa shape index (κ2) is 71.8. The molecule has 0 heterocycles. The molecule has 6 heteroatoms. The van der Waals surface area contributed by atoms with Crippen LogP contribution in [0.3, 0.4) is 0 Å². The Morgan fingerprint density at radius 3 is 0.735 bits per heavy atom. The van der Waals surface area contributed by atoms with Gasteiger partial charge in [-0.1, -0.05) is 378 Å². The van der Waals surface area contributed by atoms with Crippen LogP contribution in [0.1, 0.15) is 406 Å². The van der Waals surface area contributed by atoms with Crippen LogP contribution in [0.2, 0.25) is 0 Å². The molecule has 0 spiro atoms. The van der Waals surface area contributed by atoms with Gasteiger partial charge >= 0.3 is 17.9 Å². The van der Waals surface area contributed by atoms with E-state index in [0.717, 1.165) is 83.5 Å². The van der Waals surface area contributed by atoms with Crippen molar-refractivity contribution in [3.05, 3.63) is 48.6 Å². The molecule has 0 saturated heterocycles. The van der Waals surface area contributed by atoms with Crippen molar-refractivity contribution in [1.29, 1.82) is 0 Å². The average molecular weight is 1160 g/mol. The Balaban J connectivity index is 3.94. The smallest absolute Gasteiger partial charge is 0.306 e. The Hall–Kier alpha value is -2.63. The van der Waals surface area contributed by atoms with Crippen molar-refractivity contribution in [1.82, 2.24) is 0 Å². The summed E-state index contributed by atoms with van der Waals surface area (Å²) in [5.74, 6) is -0.857.